The smallest absolute Gasteiger partial charge is 0.308 e. The molecule has 0 N–H and O–H groups in total. The molecule has 0 spiro atoms. The third-order valence-corrected chi connectivity index (χ3v) is 2.49. The summed E-state index contributed by atoms with van der Waals surface area (Å²) in [6, 6.07) is 0. The first-order valence-electron chi connectivity index (χ1n) is 5.35. The lowest BCUT2D eigenvalue weighted by molar-refractivity contribution is -0.149. The molecule has 3 nitrogen and oxygen atoms in total. The van der Waals surface area contributed by atoms with Crippen molar-refractivity contribution in [3.8, 4) is 0 Å². The molecule has 14 heavy (non-hydrogen) atoms. The van der Waals surface area contributed by atoms with Crippen molar-refractivity contribution in [1.29, 1.82) is 0 Å². The van der Waals surface area contributed by atoms with E-state index in [9.17, 15) is 4.79 Å². The van der Waals surface area contributed by atoms with E-state index in [0.29, 0.717) is 6.61 Å². The molecule has 0 amide bonds. The van der Waals surface area contributed by atoms with E-state index in [2.05, 4.69) is 0 Å². The molecule has 84 valence electrons. The van der Waals surface area contributed by atoms with Gasteiger partial charge in [-0.15, -0.1) is 0 Å². The van der Waals surface area contributed by atoms with Gasteiger partial charge in [0, 0.05) is 13.5 Å². The molecule has 0 heterocycles. The number of hydrogen-bond acceptors (Lipinski definition) is 3. The SMILES string of the molecule is CCC(CC)C(=O)OCC[C@H](C)OC. The van der Waals surface area contributed by atoms with Crippen molar-refractivity contribution in [3.05, 3.63) is 0 Å². The quantitative estimate of drug-likeness (QED) is 0.595. The maximum atomic E-state index is 11.4. The zero-order valence-corrected chi connectivity index (χ0v) is 9.71. The Labute approximate surface area is 86.8 Å². The Balaban J connectivity index is 3.62. The van der Waals surface area contributed by atoms with Crippen LogP contribution in [0.3, 0.4) is 0 Å². The second-order valence-electron chi connectivity index (χ2n) is 3.52. The summed E-state index contributed by atoms with van der Waals surface area (Å²) >= 11 is 0. The van der Waals surface area contributed by atoms with Crippen LogP contribution in [-0.4, -0.2) is 25.8 Å². The first kappa shape index (κ1) is 13.4. The standard InChI is InChI=1S/C11H22O3/c1-5-10(6-2)11(12)14-8-7-9(3)13-4/h9-10H,5-8H2,1-4H3/t9-/m0/s1. The highest BCUT2D eigenvalue weighted by molar-refractivity contribution is 5.72. The van der Waals surface area contributed by atoms with Crippen LogP contribution >= 0.6 is 0 Å². The molecule has 0 aliphatic heterocycles. The van der Waals surface area contributed by atoms with Crippen molar-refractivity contribution in [1.82, 2.24) is 0 Å². The number of rotatable bonds is 7. The van der Waals surface area contributed by atoms with Crippen molar-refractivity contribution in [2.24, 2.45) is 5.92 Å². The van der Waals surface area contributed by atoms with Crippen LogP contribution in [-0.2, 0) is 14.3 Å². The van der Waals surface area contributed by atoms with E-state index in [1.165, 1.54) is 0 Å². The van der Waals surface area contributed by atoms with Gasteiger partial charge in [-0.05, 0) is 19.8 Å². The third-order valence-electron chi connectivity index (χ3n) is 2.49. The predicted molar refractivity (Wildman–Crippen MR) is 56.1 cm³/mol. The Morgan fingerprint density at radius 1 is 1.29 bits per heavy atom. The van der Waals surface area contributed by atoms with E-state index in [-0.39, 0.29) is 18.0 Å². The Kier molecular flexibility index (Phi) is 7.48. The van der Waals surface area contributed by atoms with Crippen LogP contribution in [0.4, 0.5) is 0 Å². The summed E-state index contributed by atoms with van der Waals surface area (Å²) in [4.78, 5) is 11.4. The number of ether oxygens (including phenoxy) is 2. The second kappa shape index (κ2) is 7.80. The molecule has 0 aliphatic rings. The summed E-state index contributed by atoms with van der Waals surface area (Å²) < 4.78 is 10.2. The van der Waals surface area contributed by atoms with Crippen LogP contribution in [0.15, 0.2) is 0 Å². The van der Waals surface area contributed by atoms with Gasteiger partial charge >= 0.3 is 5.97 Å². The maximum Gasteiger partial charge on any atom is 0.308 e. The third kappa shape index (κ3) is 5.22. The minimum absolute atomic E-state index is 0.0628. The summed E-state index contributed by atoms with van der Waals surface area (Å²) in [7, 11) is 1.66. The molecule has 0 unspecified atom stereocenters. The van der Waals surface area contributed by atoms with Crippen LogP contribution in [0, 0.1) is 5.92 Å². The molecule has 0 radical (unpaired) electrons. The summed E-state index contributed by atoms with van der Waals surface area (Å²) in [5.74, 6) is -0.00819. The first-order chi connectivity index (χ1) is 6.65. The maximum absolute atomic E-state index is 11.4. The van der Waals surface area contributed by atoms with E-state index in [0.717, 1.165) is 19.3 Å². The Morgan fingerprint density at radius 3 is 2.29 bits per heavy atom. The molecule has 0 aromatic heterocycles. The fraction of sp³-hybridized carbons (Fsp3) is 0.909. The average molecular weight is 202 g/mol. The summed E-state index contributed by atoms with van der Waals surface area (Å²) in [6.07, 6.45) is 2.64. The van der Waals surface area contributed by atoms with Crippen LogP contribution in [0.25, 0.3) is 0 Å². The van der Waals surface area contributed by atoms with E-state index >= 15 is 0 Å². The molecule has 0 rings (SSSR count). The van der Waals surface area contributed by atoms with Crippen LogP contribution in [0.1, 0.15) is 40.0 Å². The fourth-order valence-electron chi connectivity index (χ4n) is 1.18. The molecular formula is C11H22O3. The average Bonchev–Trinajstić information content (AvgIpc) is 2.19. The van der Waals surface area contributed by atoms with E-state index < -0.39 is 0 Å². The number of hydrogen-bond donors (Lipinski definition) is 0. The van der Waals surface area contributed by atoms with Crippen LogP contribution in [0.2, 0.25) is 0 Å². The Hall–Kier alpha value is -0.570. The molecule has 3 heteroatoms. The van der Waals surface area contributed by atoms with Gasteiger partial charge in [-0.25, -0.2) is 0 Å². The number of carbonyl (C=O) groups is 1. The van der Waals surface area contributed by atoms with Gasteiger partial charge in [-0.3, -0.25) is 4.79 Å². The van der Waals surface area contributed by atoms with Gasteiger partial charge in [-0.1, -0.05) is 13.8 Å². The van der Waals surface area contributed by atoms with Gasteiger partial charge in [0.05, 0.1) is 18.6 Å². The van der Waals surface area contributed by atoms with Crippen LogP contribution in [0.5, 0.6) is 0 Å². The van der Waals surface area contributed by atoms with Gasteiger partial charge in [0.15, 0.2) is 0 Å². The van der Waals surface area contributed by atoms with Crippen molar-refractivity contribution >= 4 is 5.97 Å². The summed E-state index contributed by atoms with van der Waals surface area (Å²) in [6.45, 7) is 6.44. The van der Waals surface area contributed by atoms with Crippen molar-refractivity contribution in [3.63, 3.8) is 0 Å². The van der Waals surface area contributed by atoms with Gasteiger partial charge in [0.1, 0.15) is 0 Å². The Bertz CT molecular complexity index is 153. The molecule has 0 aromatic carbocycles. The lowest BCUT2D eigenvalue weighted by Crippen LogP contribution is -2.19. The highest BCUT2D eigenvalue weighted by atomic mass is 16.5. The molecule has 0 aromatic rings. The topological polar surface area (TPSA) is 35.5 Å². The molecule has 0 bridgehead atoms. The van der Waals surface area contributed by atoms with Gasteiger partial charge in [0.2, 0.25) is 0 Å². The second-order valence-corrected chi connectivity index (χ2v) is 3.52. The predicted octanol–water partition coefficient (Wildman–Crippen LogP) is 2.39. The lowest BCUT2D eigenvalue weighted by atomic mass is 10.0. The first-order valence-corrected chi connectivity index (χ1v) is 5.35. The molecule has 0 aliphatic carbocycles. The summed E-state index contributed by atoms with van der Waals surface area (Å²) in [5, 5.41) is 0. The number of carbonyl (C=O) groups excluding carboxylic acids is 1. The molecule has 0 saturated heterocycles. The van der Waals surface area contributed by atoms with E-state index in [1.807, 2.05) is 20.8 Å². The van der Waals surface area contributed by atoms with Crippen molar-refractivity contribution in [2.75, 3.05) is 13.7 Å². The highest BCUT2D eigenvalue weighted by Gasteiger charge is 2.15. The molecular weight excluding hydrogens is 180 g/mol. The largest absolute Gasteiger partial charge is 0.465 e. The van der Waals surface area contributed by atoms with E-state index in [1.54, 1.807) is 7.11 Å². The van der Waals surface area contributed by atoms with Crippen LogP contribution < -0.4 is 0 Å². The van der Waals surface area contributed by atoms with Gasteiger partial charge in [0.25, 0.3) is 0 Å². The normalized spacial score (nSPS) is 12.9. The molecule has 1 atom stereocenters. The Morgan fingerprint density at radius 2 is 1.86 bits per heavy atom. The van der Waals surface area contributed by atoms with E-state index in [4.69, 9.17) is 9.47 Å². The molecule has 0 saturated carbocycles. The number of methoxy groups -OCH3 is 1. The monoisotopic (exact) mass is 202 g/mol. The zero-order valence-electron chi connectivity index (χ0n) is 9.71. The minimum Gasteiger partial charge on any atom is -0.465 e. The molecule has 0 fully saturated rings. The lowest BCUT2D eigenvalue weighted by Gasteiger charge is -2.13. The van der Waals surface area contributed by atoms with Gasteiger partial charge in [-0.2, -0.15) is 0 Å². The zero-order chi connectivity index (χ0) is 11.0. The van der Waals surface area contributed by atoms with Crippen molar-refractivity contribution in [2.45, 2.75) is 46.1 Å². The fourth-order valence-corrected chi connectivity index (χ4v) is 1.18. The summed E-state index contributed by atoms with van der Waals surface area (Å²) in [5.41, 5.74) is 0. The van der Waals surface area contributed by atoms with Gasteiger partial charge < -0.3 is 9.47 Å². The number of esters is 1. The highest BCUT2D eigenvalue weighted by Crippen LogP contribution is 2.10. The minimum atomic E-state index is -0.0710. The van der Waals surface area contributed by atoms with Crippen molar-refractivity contribution < 1.29 is 14.3 Å².